The van der Waals surface area contributed by atoms with E-state index in [0.29, 0.717) is 21.8 Å². The molecular formula is C20H20Cl2N4. The molecule has 0 unspecified atom stereocenters. The predicted molar refractivity (Wildman–Crippen MR) is 111 cm³/mol. The molecule has 0 radical (unpaired) electrons. The molecule has 26 heavy (non-hydrogen) atoms. The molecule has 1 heterocycles. The normalized spacial score (nSPS) is 11.3. The van der Waals surface area contributed by atoms with Gasteiger partial charge in [-0.15, -0.1) is 0 Å². The lowest BCUT2D eigenvalue weighted by molar-refractivity contribution is 0.626. The summed E-state index contributed by atoms with van der Waals surface area (Å²) in [4.78, 5) is 9.24. The Labute approximate surface area is 163 Å². The minimum absolute atomic E-state index is 0.157. The van der Waals surface area contributed by atoms with Crippen molar-refractivity contribution in [3.8, 4) is 11.3 Å². The Hall–Kier alpha value is -2.30. The molecule has 2 N–H and O–H groups in total. The van der Waals surface area contributed by atoms with E-state index in [1.54, 1.807) is 12.1 Å². The van der Waals surface area contributed by atoms with Crippen LogP contribution in [0, 0.1) is 0 Å². The average Bonchev–Trinajstić information content (AvgIpc) is 2.57. The largest absolute Gasteiger partial charge is 0.350 e. The zero-order valence-electron chi connectivity index (χ0n) is 14.8. The lowest BCUT2D eigenvalue weighted by Gasteiger charge is -2.21. The second-order valence-corrected chi connectivity index (χ2v) is 7.77. The molecule has 0 atom stereocenters. The molecular weight excluding hydrogens is 367 g/mol. The number of rotatable bonds is 4. The summed E-state index contributed by atoms with van der Waals surface area (Å²) in [6.07, 6.45) is 0. The van der Waals surface area contributed by atoms with Crippen molar-refractivity contribution in [3.63, 3.8) is 0 Å². The highest BCUT2D eigenvalue weighted by atomic mass is 35.5. The van der Waals surface area contributed by atoms with E-state index in [2.05, 4.69) is 41.4 Å². The van der Waals surface area contributed by atoms with Gasteiger partial charge in [-0.05, 0) is 39.0 Å². The lowest BCUT2D eigenvalue weighted by atomic mass is 10.1. The molecule has 3 aromatic rings. The van der Waals surface area contributed by atoms with Crippen molar-refractivity contribution in [3.05, 3.63) is 64.6 Å². The number of hydrogen-bond donors (Lipinski definition) is 2. The number of nitrogens with zero attached hydrogens (tertiary/aromatic N) is 2. The molecule has 4 nitrogen and oxygen atoms in total. The van der Waals surface area contributed by atoms with E-state index in [9.17, 15) is 0 Å². The average molecular weight is 387 g/mol. The van der Waals surface area contributed by atoms with Gasteiger partial charge in [-0.3, -0.25) is 0 Å². The summed E-state index contributed by atoms with van der Waals surface area (Å²) in [7, 11) is 0. The summed E-state index contributed by atoms with van der Waals surface area (Å²) < 4.78 is 0. The maximum atomic E-state index is 6.11. The van der Waals surface area contributed by atoms with Crippen molar-refractivity contribution in [1.29, 1.82) is 0 Å². The standard InChI is InChI=1S/C20H20Cl2N4/c1-20(2,3)26-19-24-17(13-7-5-4-6-8-13)12-18(25-19)23-14-9-10-15(21)16(22)11-14/h4-12H,1-3H3,(H2,23,24,25,26). The molecule has 0 spiro atoms. The van der Waals surface area contributed by atoms with Gasteiger partial charge in [0.25, 0.3) is 0 Å². The van der Waals surface area contributed by atoms with Gasteiger partial charge in [0.2, 0.25) is 5.95 Å². The molecule has 0 saturated heterocycles. The number of hydrogen-bond acceptors (Lipinski definition) is 4. The Morgan fingerprint density at radius 3 is 2.23 bits per heavy atom. The third-order valence-electron chi connectivity index (χ3n) is 3.47. The van der Waals surface area contributed by atoms with Crippen LogP contribution in [0.3, 0.4) is 0 Å². The van der Waals surface area contributed by atoms with Gasteiger partial charge in [0.15, 0.2) is 0 Å². The van der Waals surface area contributed by atoms with Gasteiger partial charge >= 0.3 is 0 Å². The van der Waals surface area contributed by atoms with Crippen LogP contribution in [-0.4, -0.2) is 15.5 Å². The summed E-state index contributed by atoms with van der Waals surface area (Å²) in [6, 6.07) is 17.3. The molecule has 6 heteroatoms. The van der Waals surface area contributed by atoms with E-state index in [1.165, 1.54) is 0 Å². The number of anilines is 3. The molecule has 0 aliphatic carbocycles. The molecule has 0 amide bonds. The first-order chi connectivity index (χ1) is 12.3. The lowest BCUT2D eigenvalue weighted by Crippen LogP contribution is -2.27. The van der Waals surface area contributed by atoms with Crippen molar-refractivity contribution in [2.75, 3.05) is 10.6 Å². The van der Waals surface area contributed by atoms with Crippen LogP contribution in [-0.2, 0) is 0 Å². The summed E-state index contributed by atoms with van der Waals surface area (Å²) in [5.41, 5.74) is 2.49. The Morgan fingerprint density at radius 1 is 0.846 bits per heavy atom. The first-order valence-electron chi connectivity index (χ1n) is 8.25. The maximum Gasteiger partial charge on any atom is 0.225 e. The number of halogens is 2. The quantitative estimate of drug-likeness (QED) is 0.544. The van der Waals surface area contributed by atoms with Crippen molar-refractivity contribution in [2.24, 2.45) is 0 Å². The minimum Gasteiger partial charge on any atom is -0.350 e. The highest BCUT2D eigenvalue weighted by Crippen LogP contribution is 2.28. The van der Waals surface area contributed by atoms with Gasteiger partial charge in [0.1, 0.15) is 5.82 Å². The summed E-state index contributed by atoms with van der Waals surface area (Å²) in [5.74, 6) is 1.23. The number of aromatic nitrogens is 2. The molecule has 2 aromatic carbocycles. The van der Waals surface area contributed by atoms with Crippen LogP contribution < -0.4 is 10.6 Å². The Balaban J connectivity index is 2.00. The first kappa shape index (κ1) is 18.5. The Bertz CT molecular complexity index is 905. The smallest absolute Gasteiger partial charge is 0.225 e. The Morgan fingerprint density at radius 2 is 1.58 bits per heavy atom. The van der Waals surface area contributed by atoms with Crippen LogP contribution >= 0.6 is 23.2 Å². The topological polar surface area (TPSA) is 49.8 Å². The zero-order valence-corrected chi connectivity index (χ0v) is 16.4. The van der Waals surface area contributed by atoms with Crippen LogP contribution in [0.1, 0.15) is 20.8 Å². The second kappa shape index (κ2) is 7.52. The van der Waals surface area contributed by atoms with E-state index in [4.69, 9.17) is 23.2 Å². The molecule has 1 aromatic heterocycles. The molecule has 0 bridgehead atoms. The van der Waals surface area contributed by atoms with E-state index < -0.39 is 0 Å². The van der Waals surface area contributed by atoms with Gasteiger partial charge in [-0.1, -0.05) is 53.5 Å². The van der Waals surface area contributed by atoms with Gasteiger partial charge in [-0.25, -0.2) is 4.98 Å². The fraction of sp³-hybridized carbons (Fsp3) is 0.200. The zero-order chi connectivity index (χ0) is 18.7. The van der Waals surface area contributed by atoms with Crippen molar-refractivity contribution < 1.29 is 0 Å². The first-order valence-corrected chi connectivity index (χ1v) is 9.00. The Kier molecular flexibility index (Phi) is 5.35. The summed E-state index contributed by atoms with van der Waals surface area (Å²) in [6.45, 7) is 6.20. The highest BCUT2D eigenvalue weighted by molar-refractivity contribution is 6.42. The predicted octanol–water partition coefficient (Wildman–Crippen LogP) is 6.40. The molecule has 0 fully saturated rings. The molecule has 0 aliphatic heterocycles. The second-order valence-electron chi connectivity index (χ2n) is 6.96. The van der Waals surface area contributed by atoms with E-state index in [-0.39, 0.29) is 5.54 Å². The monoisotopic (exact) mass is 386 g/mol. The fourth-order valence-corrected chi connectivity index (χ4v) is 2.68. The van der Waals surface area contributed by atoms with E-state index in [1.807, 2.05) is 42.5 Å². The van der Waals surface area contributed by atoms with Crippen LogP contribution in [0.15, 0.2) is 54.6 Å². The molecule has 134 valence electrons. The van der Waals surface area contributed by atoms with Gasteiger partial charge < -0.3 is 10.6 Å². The number of benzene rings is 2. The summed E-state index contributed by atoms with van der Waals surface area (Å²) in [5, 5.41) is 7.60. The minimum atomic E-state index is -0.157. The SMILES string of the molecule is CC(C)(C)Nc1nc(Nc2ccc(Cl)c(Cl)c2)cc(-c2ccccc2)n1. The summed E-state index contributed by atoms with van der Waals surface area (Å²) >= 11 is 12.1. The number of nitrogens with one attached hydrogen (secondary N) is 2. The third-order valence-corrected chi connectivity index (χ3v) is 4.21. The maximum absolute atomic E-state index is 6.11. The highest BCUT2D eigenvalue weighted by Gasteiger charge is 2.14. The van der Waals surface area contributed by atoms with Crippen LogP contribution in [0.5, 0.6) is 0 Å². The third kappa shape index (κ3) is 4.87. The molecule has 0 aliphatic rings. The van der Waals surface area contributed by atoms with Crippen LogP contribution in [0.2, 0.25) is 10.0 Å². The van der Waals surface area contributed by atoms with Crippen LogP contribution in [0.4, 0.5) is 17.5 Å². The van der Waals surface area contributed by atoms with Gasteiger partial charge in [0, 0.05) is 22.9 Å². The van der Waals surface area contributed by atoms with Gasteiger partial charge in [0.05, 0.1) is 15.7 Å². The van der Waals surface area contributed by atoms with Crippen molar-refractivity contribution in [2.45, 2.75) is 26.3 Å². The molecule has 0 saturated carbocycles. The van der Waals surface area contributed by atoms with Crippen molar-refractivity contribution in [1.82, 2.24) is 9.97 Å². The molecule has 3 rings (SSSR count). The van der Waals surface area contributed by atoms with Crippen LogP contribution in [0.25, 0.3) is 11.3 Å². The van der Waals surface area contributed by atoms with Gasteiger partial charge in [-0.2, -0.15) is 4.98 Å². The van der Waals surface area contributed by atoms with E-state index >= 15 is 0 Å². The fourth-order valence-electron chi connectivity index (χ4n) is 2.38. The van der Waals surface area contributed by atoms with Crippen molar-refractivity contribution >= 4 is 40.7 Å². The van der Waals surface area contributed by atoms with E-state index in [0.717, 1.165) is 16.9 Å².